The van der Waals surface area contributed by atoms with E-state index in [2.05, 4.69) is 10.3 Å². The first-order valence-corrected chi connectivity index (χ1v) is 6.50. The molecule has 20 heavy (non-hydrogen) atoms. The fraction of sp³-hybridized carbons (Fsp3) is 0.400. The predicted molar refractivity (Wildman–Crippen MR) is 74.8 cm³/mol. The van der Waals surface area contributed by atoms with Gasteiger partial charge in [0.2, 0.25) is 0 Å². The fourth-order valence-electron chi connectivity index (χ4n) is 1.85. The van der Waals surface area contributed by atoms with E-state index in [0.717, 1.165) is 5.69 Å². The minimum atomic E-state index is -0.459. The lowest BCUT2D eigenvalue weighted by Crippen LogP contribution is -2.35. The second-order valence-electron chi connectivity index (χ2n) is 5.91. The molecule has 0 radical (unpaired) electrons. The molecule has 3 nitrogen and oxygen atoms in total. The van der Waals surface area contributed by atoms with E-state index < -0.39 is 11.6 Å². The molecule has 0 atom stereocenters. The van der Waals surface area contributed by atoms with Crippen LogP contribution >= 0.6 is 0 Å². The lowest BCUT2D eigenvalue weighted by molar-refractivity contribution is 0.419. The first kappa shape index (κ1) is 14.7. The van der Waals surface area contributed by atoms with E-state index >= 15 is 0 Å². The van der Waals surface area contributed by atoms with E-state index in [1.165, 1.54) is 25.4 Å². The van der Waals surface area contributed by atoms with Crippen LogP contribution in [0.2, 0.25) is 0 Å². The van der Waals surface area contributed by atoms with E-state index in [9.17, 15) is 8.78 Å². The van der Waals surface area contributed by atoms with E-state index in [1.807, 2.05) is 20.8 Å². The second kappa shape index (κ2) is 5.32. The van der Waals surface area contributed by atoms with Crippen molar-refractivity contribution in [3.63, 3.8) is 0 Å². The average molecular weight is 279 g/mol. The van der Waals surface area contributed by atoms with Crippen LogP contribution in [0.25, 0.3) is 5.69 Å². The third-order valence-electron chi connectivity index (χ3n) is 3.00. The Hall–Kier alpha value is -1.75. The van der Waals surface area contributed by atoms with Gasteiger partial charge < -0.3 is 5.32 Å². The van der Waals surface area contributed by atoms with Crippen molar-refractivity contribution in [1.29, 1.82) is 0 Å². The van der Waals surface area contributed by atoms with Crippen molar-refractivity contribution in [2.24, 2.45) is 0 Å². The number of hydrogen-bond acceptors (Lipinski definition) is 2. The zero-order valence-corrected chi connectivity index (χ0v) is 12.2. The molecule has 0 aliphatic heterocycles. The van der Waals surface area contributed by atoms with Crippen molar-refractivity contribution >= 4 is 0 Å². The monoisotopic (exact) mass is 279 g/mol. The van der Waals surface area contributed by atoms with Gasteiger partial charge in [-0.05, 0) is 39.3 Å². The molecule has 108 valence electrons. The van der Waals surface area contributed by atoms with Crippen LogP contribution in [-0.2, 0) is 6.54 Å². The summed E-state index contributed by atoms with van der Waals surface area (Å²) in [6.45, 7) is 8.19. The molecule has 0 spiro atoms. The Balaban J connectivity index is 2.35. The molecular weight excluding hydrogens is 260 g/mol. The van der Waals surface area contributed by atoms with Crippen LogP contribution in [0.3, 0.4) is 0 Å². The molecule has 1 heterocycles. The quantitative estimate of drug-likeness (QED) is 0.933. The zero-order valence-electron chi connectivity index (χ0n) is 12.2. The summed E-state index contributed by atoms with van der Waals surface area (Å²) in [5, 5.41) is 3.30. The minimum Gasteiger partial charge on any atom is -0.306 e. The molecule has 1 aromatic carbocycles. The first-order valence-electron chi connectivity index (χ1n) is 6.50. The smallest absolute Gasteiger partial charge is 0.147 e. The highest BCUT2D eigenvalue weighted by atomic mass is 19.1. The summed E-state index contributed by atoms with van der Waals surface area (Å²) >= 11 is 0. The van der Waals surface area contributed by atoms with Crippen LogP contribution in [0.5, 0.6) is 0 Å². The summed E-state index contributed by atoms with van der Waals surface area (Å²) in [6.07, 6.45) is 3.14. The molecule has 1 aromatic heterocycles. The summed E-state index contributed by atoms with van der Waals surface area (Å²) in [6, 6.07) is 2.40. The molecule has 0 saturated carbocycles. The van der Waals surface area contributed by atoms with Crippen LogP contribution in [0.15, 0.2) is 24.7 Å². The van der Waals surface area contributed by atoms with Crippen molar-refractivity contribution in [3.8, 4) is 5.69 Å². The molecule has 5 heteroatoms. The Labute approximate surface area is 117 Å². The van der Waals surface area contributed by atoms with E-state index in [-0.39, 0.29) is 11.2 Å². The van der Waals surface area contributed by atoms with Crippen molar-refractivity contribution in [3.05, 3.63) is 47.5 Å². The summed E-state index contributed by atoms with van der Waals surface area (Å²) < 4.78 is 29.2. The van der Waals surface area contributed by atoms with Gasteiger partial charge >= 0.3 is 0 Å². The lowest BCUT2D eigenvalue weighted by Gasteiger charge is -2.21. The second-order valence-corrected chi connectivity index (χ2v) is 5.91. The average Bonchev–Trinajstić information content (AvgIpc) is 2.78. The van der Waals surface area contributed by atoms with Crippen LogP contribution in [0.4, 0.5) is 8.78 Å². The molecular formula is C15H19F2N3. The predicted octanol–water partition coefficient (Wildman–Crippen LogP) is 3.35. The van der Waals surface area contributed by atoms with Crippen molar-refractivity contribution in [2.45, 2.75) is 39.8 Å². The van der Waals surface area contributed by atoms with Gasteiger partial charge in [0.15, 0.2) is 0 Å². The maximum Gasteiger partial charge on any atom is 0.147 e. The molecule has 0 unspecified atom stereocenters. The molecule has 2 aromatic rings. The SMILES string of the molecule is Cc1cc(F)c(-n2cncc2CNC(C)(C)C)cc1F. The number of hydrogen-bond donors (Lipinski definition) is 1. The van der Waals surface area contributed by atoms with Crippen molar-refractivity contribution in [1.82, 2.24) is 14.9 Å². The van der Waals surface area contributed by atoms with Gasteiger partial charge in [-0.2, -0.15) is 0 Å². The molecule has 2 rings (SSSR count). The molecule has 1 N–H and O–H groups in total. The highest BCUT2D eigenvalue weighted by Crippen LogP contribution is 2.20. The largest absolute Gasteiger partial charge is 0.306 e. The molecule has 0 amide bonds. The number of nitrogens with zero attached hydrogens (tertiary/aromatic N) is 2. The van der Waals surface area contributed by atoms with Crippen LogP contribution < -0.4 is 5.32 Å². The van der Waals surface area contributed by atoms with E-state index in [0.29, 0.717) is 12.1 Å². The Bertz CT molecular complexity index is 612. The van der Waals surface area contributed by atoms with Gasteiger partial charge in [-0.25, -0.2) is 13.8 Å². The third-order valence-corrected chi connectivity index (χ3v) is 3.00. The lowest BCUT2D eigenvalue weighted by atomic mass is 10.1. The maximum absolute atomic E-state index is 14.0. The van der Waals surface area contributed by atoms with Crippen LogP contribution in [0, 0.1) is 18.6 Å². The number of benzene rings is 1. The normalized spacial score (nSPS) is 11.9. The number of nitrogens with one attached hydrogen (secondary N) is 1. The molecule has 0 aliphatic carbocycles. The molecule has 0 aliphatic rings. The summed E-state index contributed by atoms with van der Waals surface area (Å²) in [5.41, 5.74) is 1.19. The van der Waals surface area contributed by atoms with Crippen LogP contribution in [0.1, 0.15) is 32.0 Å². The minimum absolute atomic E-state index is 0.0633. The number of imidazole rings is 1. The highest BCUT2D eigenvalue weighted by Gasteiger charge is 2.14. The first-order chi connectivity index (χ1) is 9.28. The summed E-state index contributed by atoms with van der Waals surface area (Å²) in [5.74, 6) is -0.885. The maximum atomic E-state index is 14.0. The highest BCUT2D eigenvalue weighted by molar-refractivity contribution is 5.38. The van der Waals surface area contributed by atoms with Gasteiger partial charge in [-0.15, -0.1) is 0 Å². The van der Waals surface area contributed by atoms with Gasteiger partial charge in [0.25, 0.3) is 0 Å². The van der Waals surface area contributed by atoms with Crippen LogP contribution in [-0.4, -0.2) is 15.1 Å². The van der Waals surface area contributed by atoms with Crippen molar-refractivity contribution in [2.75, 3.05) is 0 Å². The van der Waals surface area contributed by atoms with Gasteiger partial charge in [-0.3, -0.25) is 4.57 Å². The summed E-state index contributed by atoms with van der Waals surface area (Å²) in [7, 11) is 0. The Morgan fingerprint density at radius 2 is 1.90 bits per heavy atom. The fourth-order valence-corrected chi connectivity index (χ4v) is 1.85. The van der Waals surface area contributed by atoms with Gasteiger partial charge in [0, 0.05) is 24.3 Å². The molecule has 0 fully saturated rings. The van der Waals surface area contributed by atoms with Gasteiger partial charge in [0.05, 0.1) is 17.7 Å². The Kier molecular flexibility index (Phi) is 3.90. The summed E-state index contributed by atoms with van der Waals surface area (Å²) in [4.78, 5) is 4.03. The third kappa shape index (κ3) is 3.22. The molecule has 0 saturated heterocycles. The van der Waals surface area contributed by atoms with E-state index in [4.69, 9.17) is 0 Å². The number of aromatic nitrogens is 2. The zero-order chi connectivity index (χ0) is 14.9. The number of halogens is 2. The van der Waals surface area contributed by atoms with Gasteiger partial charge in [0.1, 0.15) is 11.6 Å². The molecule has 0 bridgehead atoms. The Morgan fingerprint density at radius 1 is 1.20 bits per heavy atom. The van der Waals surface area contributed by atoms with E-state index in [1.54, 1.807) is 10.8 Å². The number of rotatable bonds is 3. The Morgan fingerprint density at radius 3 is 2.55 bits per heavy atom. The topological polar surface area (TPSA) is 29.9 Å². The van der Waals surface area contributed by atoms with Gasteiger partial charge in [-0.1, -0.05) is 0 Å². The standard InChI is InChI=1S/C15H19F2N3/c1-10-5-13(17)14(6-12(10)16)20-9-18-7-11(20)8-19-15(2,3)4/h5-7,9,19H,8H2,1-4H3. The van der Waals surface area contributed by atoms with Crippen molar-refractivity contribution < 1.29 is 8.78 Å². The number of aryl methyl sites for hydroxylation is 1.